The molecule has 148 valence electrons. The number of nitrogens with one attached hydrogen (secondary N) is 3. The highest BCUT2D eigenvalue weighted by Crippen LogP contribution is 2.22. The smallest absolute Gasteiger partial charge is 0.224 e. The summed E-state index contributed by atoms with van der Waals surface area (Å²) in [4.78, 5) is 17.4. The highest BCUT2D eigenvalue weighted by molar-refractivity contribution is 7.99. The zero-order valence-electron chi connectivity index (χ0n) is 15.2. The molecule has 1 aliphatic rings. The Balaban J connectivity index is 1.58. The van der Waals surface area contributed by atoms with E-state index in [9.17, 15) is 4.79 Å². The molecule has 0 spiro atoms. The van der Waals surface area contributed by atoms with E-state index in [1.165, 1.54) is 0 Å². The quantitative estimate of drug-likeness (QED) is 0.326. The van der Waals surface area contributed by atoms with Gasteiger partial charge in [0.1, 0.15) is 0 Å². The number of anilines is 1. The number of nitrogens with two attached hydrogens (primary N) is 1. The lowest BCUT2D eigenvalue weighted by Gasteiger charge is -2.29. The highest BCUT2D eigenvalue weighted by Gasteiger charge is 2.25. The number of aliphatic imine (C=N–C) groups is 1. The summed E-state index contributed by atoms with van der Waals surface area (Å²) in [5.74, 6) is 0.839. The Morgan fingerprint density at radius 2 is 2.04 bits per heavy atom. The summed E-state index contributed by atoms with van der Waals surface area (Å²) in [5, 5.41) is 10.4. The van der Waals surface area contributed by atoms with Crippen LogP contribution in [0.25, 0.3) is 0 Å². The maximum Gasteiger partial charge on any atom is 0.224 e. The van der Waals surface area contributed by atoms with E-state index < -0.39 is 6.29 Å². The van der Waals surface area contributed by atoms with Crippen LogP contribution >= 0.6 is 35.0 Å². The third-order valence-electron chi connectivity index (χ3n) is 4.10. The van der Waals surface area contributed by atoms with Crippen molar-refractivity contribution in [3.05, 3.63) is 58.1 Å². The molecule has 6 nitrogen and oxygen atoms in total. The molecular formula is C19H21Cl2N5OS. The van der Waals surface area contributed by atoms with Crippen molar-refractivity contribution in [3.8, 4) is 0 Å². The maximum absolute atomic E-state index is 12.0. The molecule has 2 atom stereocenters. The van der Waals surface area contributed by atoms with Crippen molar-refractivity contribution in [1.82, 2.24) is 10.6 Å². The van der Waals surface area contributed by atoms with E-state index in [2.05, 4.69) is 20.9 Å². The number of carbonyl (C=O) groups is 1. The first-order valence-electron chi connectivity index (χ1n) is 8.69. The minimum absolute atomic E-state index is 0.0233. The lowest BCUT2D eigenvalue weighted by Crippen LogP contribution is -2.57. The molecule has 9 heteroatoms. The monoisotopic (exact) mass is 437 g/mol. The van der Waals surface area contributed by atoms with Gasteiger partial charge in [0.15, 0.2) is 12.2 Å². The minimum Gasteiger partial charge on any atom is -0.370 e. The molecule has 1 heterocycles. The number of halogens is 2. The Kier molecular flexibility index (Phi) is 7.07. The van der Waals surface area contributed by atoms with Gasteiger partial charge in [-0.3, -0.25) is 10.1 Å². The summed E-state index contributed by atoms with van der Waals surface area (Å²) in [5.41, 5.74) is 7.69. The highest BCUT2D eigenvalue weighted by atomic mass is 35.5. The summed E-state index contributed by atoms with van der Waals surface area (Å²) >= 11 is 13.7. The molecule has 5 N–H and O–H groups in total. The summed E-state index contributed by atoms with van der Waals surface area (Å²) in [6.45, 7) is 1.92. The normalized spacial score (nSPS) is 20.0. The third kappa shape index (κ3) is 6.04. The number of thioether (sulfide) groups is 1. The lowest BCUT2D eigenvalue weighted by molar-refractivity contribution is -0.124. The number of rotatable bonds is 5. The van der Waals surface area contributed by atoms with Gasteiger partial charge < -0.3 is 16.4 Å². The van der Waals surface area contributed by atoms with Gasteiger partial charge >= 0.3 is 0 Å². The van der Waals surface area contributed by atoms with Crippen molar-refractivity contribution < 1.29 is 4.79 Å². The Bertz CT molecular complexity index is 875. The summed E-state index contributed by atoms with van der Waals surface area (Å²) < 4.78 is 0. The second-order valence-corrected chi connectivity index (χ2v) is 8.34. The van der Waals surface area contributed by atoms with Crippen molar-refractivity contribution in [1.29, 1.82) is 0 Å². The predicted molar refractivity (Wildman–Crippen MR) is 117 cm³/mol. The van der Waals surface area contributed by atoms with Gasteiger partial charge in [-0.1, -0.05) is 29.3 Å². The van der Waals surface area contributed by atoms with Crippen LogP contribution in [0.5, 0.6) is 0 Å². The van der Waals surface area contributed by atoms with E-state index in [0.29, 0.717) is 16.5 Å². The van der Waals surface area contributed by atoms with Crippen molar-refractivity contribution in [2.24, 2.45) is 10.7 Å². The van der Waals surface area contributed by atoms with Crippen LogP contribution in [0.1, 0.15) is 12.0 Å². The van der Waals surface area contributed by atoms with E-state index in [1.54, 1.807) is 17.8 Å². The van der Waals surface area contributed by atoms with Crippen molar-refractivity contribution in [3.63, 3.8) is 0 Å². The van der Waals surface area contributed by atoms with Crippen LogP contribution in [0, 0.1) is 6.92 Å². The van der Waals surface area contributed by atoms with E-state index in [0.717, 1.165) is 21.9 Å². The molecule has 28 heavy (non-hydrogen) atoms. The van der Waals surface area contributed by atoms with Crippen molar-refractivity contribution in [2.45, 2.75) is 30.6 Å². The average molecular weight is 438 g/mol. The fourth-order valence-corrected chi connectivity index (χ4v) is 3.90. The zero-order chi connectivity index (χ0) is 20.1. The van der Waals surface area contributed by atoms with Gasteiger partial charge in [0, 0.05) is 38.8 Å². The second-order valence-electron chi connectivity index (χ2n) is 6.41. The molecule has 1 amide bonds. The topological polar surface area (TPSA) is 91.5 Å². The number of guanidine groups is 1. The first-order chi connectivity index (χ1) is 13.4. The molecule has 0 aromatic heterocycles. The number of benzene rings is 2. The standard InChI is InChI=1S/C19H21Cl2N5OS/c1-11-2-5-13(8-16(11)21)23-18(22)26-19-24-14(9-17(27)25-19)10-28-15-6-3-12(20)4-7-15/h2-8,14,19,24H,9-10H2,1H3,(H,25,27)(H3,22,23,26). The maximum atomic E-state index is 12.0. The fourth-order valence-electron chi connectivity index (χ4n) is 2.65. The van der Waals surface area contributed by atoms with Crippen molar-refractivity contribution in [2.75, 3.05) is 11.1 Å². The van der Waals surface area contributed by atoms with Gasteiger partial charge in [-0.15, -0.1) is 11.8 Å². The summed E-state index contributed by atoms with van der Waals surface area (Å²) in [6.07, 6.45) is -0.210. The third-order valence-corrected chi connectivity index (χ3v) is 5.93. The molecule has 0 bridgehead atoms. The first-order valence-corrected chi connectivity index (χ1v) is 10.4. The molecule has 0 saturated carbocycles. The molecule has 1 fully saturated rings. The Labute approximate surface area is 178 Å². The van der Waals surface area contributed by atoms with Gasteiger partial charge in [-0.25, -0.2) is 4.99 Å². The number of hydrogen-bond acceptors (Lipinski definition) is 4. The SMILES string of the molecule is Cc1ccc(N/C(N)=N/C2NC(=O)CC(CSc3ccc(Cl)cc3)N2)cc1Cl. The molecule has 2 aromatic carbocycles. The van der Waals surface area contributed by atoms with E-state index >= 15 is 0 Å². The number of amides is 1. The summed E-state index contributed by atoms with van der Waals surface area (Å²) in [7, 11) is 0. The molecule has 1 aliphatic heterocycles. The van der Waals surface area contributed by atoms with Gasteiger partial charge in [0.25, 0.3) is 0 Å². The van der Waals surface area contributed by atoms with Crippen LogP contribution in [0.4, 0.5) is 5.69 Å². The first kappa shape index (κ1) is 20.8. The van der Waals surface area contributed by atoms with E-state index in [4.69, 9.17) is 28.9 Å². The Morgan fingerprint density at radius 3 is 2.75 bits per heavy atom. The lowest BCUT2D eigenvalue weighted by atomic mass is 10.2. The van der Waals surface area contributed by atoms with Gasteiger partial charge in [-0.2, -0.15) is 0 Å². The van der Waals surface area contributed by atoms with E-state index in [1.807, 2.05) is 43.3 Å². The molecule has 1 saturated heterocycles. The second kappa shape index (κ2) is 9.52. The van der Waals surface area contributed by atoms with Crippen LogP contribution in [-0.4, -0.2) is 30.0 Å². The molecule has 0 radical (unpaired) electrons. The average Bonchev–Trinajstić information content (AvgIpc) is 2.64. The van der Waals surface area contributed by atoms with Crippen LogP contribution in [0.3, 0.4) is 0 Å². The number of carbonyl (C=O) groups excluding carboxylic acids is 1. The van der Waals surface area contributed by atoms with Crippen LogP contribution in [0.15, 0.2) is 52.4 Å². The Hall–Kier alpha value is -1.93. The molecule has 2 unspecified atom stereocenters. The largest absolute Gasteiger partial charge is 0.370 e. The zero-order valence-corrected chi connectivity index (χ0v) is 17.5. The molecule has 3 rings (SSSR count). The van der Waals surface area contributed by atoms with Gasteiger partial charge in [-0.05, 0) is 48.9 Å². The molecule has 0 aliphatic carbocycles. The van der Waals surface area contributed by atoms with Gasteiger partial charge in [0.2, 0.25) is 5.91 Å². The fraction of sp³-hybridized carbons (Fsp3) is 0.263. The van der Waals surface area contributed by atoms with Crippen molar-refractivity contribution >= 4 is 52.5 Å². The number of nitrogens with zero attached hydrogens (tertiary/aromatic N) is 1. The summed E-state index contributed by atoms with van der Waals surface area (Å²) in [6, 6.07) is 13.1. The van der Waals surface area contributed by atoms with Crippen LogP contribution in [0.2, 0.25) is 10.0 Å². The number of hydrogen-bond donors (Lipinski definition) is 4. The van der Waals surface area contributed by atoms with Crippen LogP contribution < -0.4 is 21.7 Å². The predicted octanol–water partition coefficient (Wildman–Crippen LogP) is 3.58. The van der Waals surface area contributed by atoms with E-state index in [-0.39, 0.29) is 17.9 Å². The minimum atomic E-state index is -0.592. The number of aryl methyl sites for hydroxylation is 1. The van der Waals surface area contributed by atoms with Crippen LogP contribution in [-0.2, 0) is 4.79 Å². The molecule has 2 aromatic rings. The Morgan fingerprint density at radius 1 is 1.29 bits per heavy atom. The van der Waals surface area contributed by atoms with Gasteiger partial charge in [0.05, 0.1) is 0 Å². The molecular weight excluding hydrogens is 417 g/mol.